The molecule has 1 fully saturated rings. The van der Waals surface area contributed by atoms with Gasteiger partial charge in [-0.2, -0.15) is 10.2 Å². The number of carbonyl (C=O) groups excluding carboxylic acids is 1. The second kappa shape index (κ2) is 7.58. The van der Waals surface area contributed by atoms with Gasteiger partial charge in [-0.1, -0.05) is 11.3 Å². The van der Waals surface area contributed by atoms with Crippen LogP contribution in [0.2, 0.25) is 0 Å². The lowest BCUT2D eigenvalue weighted by Gasteiger charge is -2.32. The van der Waals surface area contributed by atoms with E-state index in [0.29, 0.717) is 19.0 Å². The number of nitrogens with zero attached hydrogens (tertiary/aromatic N) is 6. The number of piperidine rings is 1. The van der Waals surface area contributed by atoms with Crippen LogP contribution in [0.5, 0.6) is 0 Å². The molecule has 168 valence electrons. The Hall–Kier alpha value is -2.94. The topological polar surface area (TPSA) is 77.0 Å². The fourth-order valence-corrected chi connectivity index (χ4v) is 5.11. The summed E-state index contributed by atoms with van der Waals surface area (Å²) in [6.45, 7) is 11.1. The minimum absolute atomic E-state index is 0.228. The number of hydrogen-bond acceptors (Lipinski definition) is 6. The van der Waals surface area contributed by atoms with E-state index < -0.39 is 5.60 Å². The molecule has 0 N–H and O–H groups in total. The average Bonchev–Trinajstić information content (AvgIpc) is 3.39. The van der Waals surface area contributed by atoms with Crippen molar-refractivity contribution in [3.63, 3.8) is 0 Å². The van der Waals surface area contributed by atoms with Crippen LogP contribution in [0.25, 0.3) is 21.0 Å². The van der Waals surface area contributed by atoms with Crippen LogP contribution in [0.3, 0.4) is 0 Å². The van der Waals surface area contributed by atoms with E-state index in [1.54, 1.807) is 16.2 Å². The molecule has 5 heterocycles. The molecule has 0 atom stereocenters. The molecule has 32 heavy (non-hydrogen) atoms. The van der Waals surface area contributed by atoms with Crippen molar-refractivity contribution in [2.24, 2.45) is 0 Å². The number of pyridine rings is 1. The van der Waals surface area contributed by atoms with Crippen molar-refractivity contribution in [1.29, 1.82) is 0 Å². The molecule has 4 aromatic rings. The van der Waals surface area contributed by atoms with Gasteiger partial charge in [-0.05, 0) is 65.7 Å². The molecular formula is C23H28N6O2S. The Morgan fingerprint density at radius 3 is 2.56 bits per heavy atom. The average molecular weight is 453 g/mol. The van der Waals surface area contributed by atoms with Gasteiger partial charge in [-0.25, -0.2) is 18.8 Å². The number of ether oxygens (including phenoxy) is 1. The van der Waals surface area contributed by atoms with Crippen LogP contribution in [-0.4, -0.2) is 53.9 Å². The number of aromatic nitrogens is 5. The monoisotopic (exact) mass is 452 g/mol. The summed E-state index contributed by atoms with van der Waals surface area (Å²) in [6.07, 6.45) is 3.58. The van der Waals surface area contributed by atoms with E-state index in [9.17, 15) is 4.79 Å². The van der Waals surface area contributed by atoms with Crippen molar-refractivity contribution >= 4 is 27.9 Å². The Morgan fingerprint density at radius 2 is 1.88 bits per heavy atom. The van der Waals surface area contributed by atoms with Gasteiger partial charge in [0.05, 0.1) is 23.1 Å². The van der Waals surface area contributed by atoms with E-state index in [4.69, 9.17) is 14.8 Å². The Balaban J connectivity index is 1.31. The van der Waals surface area contributed by atoms with Crippen LogP contribution in [0.1, 0.15) is 56.6 Å². The lowest BCUT2D eigenvalue weighted by molar-refractivity contribution is 0.0204. The Bertz CT molecular complexity index is 1270. The summed E-state index contributed by atoms with van der Waals surface area (Å²) in [7, 11) is 0. The highest BCUT2D eigenvalue weighted by molar-refractivity contribution is 7.19. The second-order valence-corrected chi connectivity index (χ2v) is 10.5. The van der Waals surface area contributed by atoms with Crippen LogP contribution >= 0.6 is 11.3 Å². The molecule has 1 saturated heterocycles. The summed E-state index contributed by atoms with van der Waals surface area (Å²) in [5.41, 5.74) is 4.82. The molecule has 9 heteroatoms. The predicted molar refractivity (Wildman–Crippen MR) is 124 cm³/mol. The number of hydrogen-bond donors (Lipinski definition) is 0. The normalized spacial score (nSPS) is 15.7. The van der Waals surface area contributed by atoms with Gasteiger partial charge in [0.1, 0.15) is 10.6 Å². The predicted octanol–water partition coefficient (Wildman–Crippen LogP) is 4.84. The molecule has 8 nitrogen and oxygen atoms in total. The van der Waals surface area contributed by atoms with Crippen molar-refractivity contribution in [1.82, 2.24) is 29.1 Å². The number of likely N-dealkylation sites (tertiary alicyclic amines) is 1. The van der Waals surface area contributed by atoms with Crippen molar-refractivity contribution in [3.8, 4) is 10.6 Å². The number of amides is 1. The molecule has 0 saturated carbocycles. The van der Waals surface area contributed by atoms with Gasteiger partial charge in [0.25, 0.3) is 0 Å². The first-order valence-electron chi connectivity index (χ1n) is 11.0. The zero-order valence-corrected chi connectivity index (χ0v) is 19.9. The van der Waals surface area contributed by atoms with E-state index in [0.717, 1.165) is 51.0 Å². The molecule has 0 unspecified atom stereocenters. The zero-order chi connectivity index (χ0) is 22.6. The molecule has 0 aromatic carbocycles. The number of carbonyl (C=O) groups is 1. The van der Waals surface area contributed by atoms with E-state index in [2.05, 4.69) is 30.2 Å². The standard InChI is InChI=1S/C23H28N6O2S/c1-14-10-18-12-17(11-15(2)29(18)25-14)20-26-28-13-19(24-21(28)32-20)16-6-8-27(9-7-16)22(30)31-23(3,4)5/h10-13,16H,6-9H2,1-5H3. The lowest BCUT2D eigenvalue weighted by atomic mass is 9.94. The quantitative estimate of drug-likeness (QED) is 0.435. The molecule has 0 radical (unpaired) electrons. The van der Waals surface area contributed by atoms with Crippen LogP contribution in [0.4, 0.5) is 4.79 Å². The minimum atomic E-state index is -0.467. The lowest BCUT2D eigenvalue weighted by Crippen LogP contribution is -2.41. The van der Waals surface area contributed by atoms with Crippen molar-refractivity contribution in [3.05, 3.63) is 41.5 Å². The molecule has 0 bridgehead atoms. The Morgan fingerprint density at radius 1 is 1.12 bits per heavy atom. The third kappa shape index (κ3) is 3.97. The maximum Gasteiger partial charge on any atom is 0.410 e. The highest BCUT2D eigenvalue weighted by Gasteiger charge is 2.29. The fourth-order valence-electron chi connectivity index (χ4n) is 4.23. The van der Waals surface area contributed by atoms with Crippen molar-refractivity contribution in [2.75, 3.05) is 13.1 Å². The van der Waals surface area contributed by atoms with Gasteiger partial charge >= 0.3 is 6.09 Å². The van der Waals surface area contributed by atoms with E-state index in [1.165, 1.54) is 0 Å². The van der Waals surface area contributed by atoms with Crippen LogP contribution in [0.15, 0.2) is 24.4 Å². The van der Waals surface area contributed by atoms with Crippen LogP contribution in [-0.2, 0) is 4.74 Å². The number of imidazole rings is 1. The highest BCUT2D eigenvalue weighted by atomic mass is 32.1. The SMILES string of the molecule is Cc1cc2cc(-c3nn4cc(C5CCN(C(=O)OC(C)(C)C)CC5)nc4s3)cc(C)n2n1. The van der Waals surface area contributed by atoms with E-state index in [-0.39, 0.29) is 6.09 Å². The summed E-state index contributed by atoms with van der Waals surface area (Å²) in [5.74, 6) is 0.333. The summed E-state index contributed by atoms with van der Waals surface area (Å²) in [6, 6.07) is 6.32. The number of fused-ring (bicyclic) bond motifs is 2. The van der Waals surface area contributed by atoms with Crippen LogP contribution < -0.4 is 0 Å². The zero-order valence-electron chi connectivity index (χ0n) is 19.1. The van der Waals surface area contributed by atoms with Gasteiger partial charge in [-0.15, -0.1) is 0 Å². The first kappa shape index (κ1) is 20.9. The summed E-state index contributed by atoms with van der Waals surface area (Å²) >= 11 is 1.60. The Kier molecular flexibility index (Phi) is 4.96. The summed E-state index contributed by atoms with van der Waals surface area (Å²) in [4.78, 5) is 19.9. The van der Waals surface area contributed by atoms with Gasteiger partial charge in [0, 0.05) is 30.3 Å². The third-order valence-corrected chi connectivity index (χ3v) is 6.71. The number of rotatable bonds is 2. The molecule has 0 aliphatic carbocycles. The summed E-state index contributed by atoms with van der Waals surface area (Å²) < 4.78 is 9.34. The third-order valence-electron chi connectivity index (χ3n) is 5.73. The van der Waals surface area contributed by atoms with Crippen molar-refractivity contribution < 1.29 is 9.53 Å². The van der Waals surface area contributed by atoms with Crippen molar-refractivity contribution in [2.45, 2.75) is 59.0 Å². The van der Waals surface area contributed by atoms with E-state index in [1.807, 2.05) is 42.9 Å². The molecule has 1 aliphatic heterocycles. The highest BCUT2D eigenvalue weighted by Crippen LogP contribution is 2.32. The molecule has 4 aromatic heterocycles. The van der Waals surface area contributed by atoms with Gasteiger partial charge in [-0.3, -0.25) is 0 Å². The number of aryl methyl sites for hydroxylation is 2. The molecule has 5 rings (SSSR count). The van der Waals surface area contributed by atoms with Crippen LogP contribution in [0, 0.1) is 13.8 Å². The largest absolute Gasteiger partial charge is 0.444 e. The van der Waals surface area contributed by atoms with Gasteiger partial charge in [0.2, 0.25) is 4.96 Å². The Labute approximate surface area is 190 Å². The second-order valence-electron chi connectivity index (χ2n) is 9.55. The molecular weight excluding hydrogens is 424 g/mol. The summed E-state index contributed by atoms with van der Waals surface area (Å²) in [5, 5.41) is 10.3. The first-order valence-corrected chi connectivity index (χ1v) is 11.8. The fraction of sp³-hybridized carbons (Fsp3) is 0.478. The van der Waals surface area contributed by atoms with Gasteiger partial charge < -0.3 is 9.64 Å². The maximum absolute atomic E-state index is 12.3. The molecule has 0 spiro atoms. The molecule has 1 amide bonds. The molecule has 1 aliphatic rings. The van der Waals surface area contributed by atoms with Gasteiger partial charge in [0.15, 0.2) is 0 Å². The maximum atomic E-state index is 12.3. The minimum Gasteiger partial charge on any atom is -0.444 e. The first-order chi connectivity index (χ1) is 15.2. The van der Waals surface area contributed by atoms with E-state index >= 15 is 0 Å². The smallest absolute Gasteiger partial charge is 0.410 e.